The van der Waals surface area contributed by atoms with E-state index in [-0.39, 0.29) is 18.6 Å². The predicted octanol–water partition coefficient (Wildman–Crippen LogP) is -5.20. The van der Waals surface area contributed by atoms with Crippen LogP contribution in [0.25, 0.3) is 0 Å². The van der Waals surface area contributed by atoms with Crippen LogP contribution in [0.5, 0.6) is 5.75 Å². The van der Waals surface area contributed by atoms with Gasteiger partial charge in [0.2, 0.25) is 47.3 Å². The lowest BCUT2D eigenvalue weighted by Crippen LogP contribution is -2.61. The van der Waals surface area contributed by atoms with Gasteiger partial charge in [0.1, 0.15) is 42.0 Å². The molecule has 0 radical (unpaired) electrons. The van der Waals surface area contributed by atoms with Crippen LogP contribution >= 0.6 is 11.8 Å². The van der Waals surface area contributed by atoms with Crippen molar-refractivity contribution in [2.24, 2.45) is 17.4 Å². The van der Waals surface area contributed by atoms with Gasteiger partial charge in [0.25, 0.3) is 0 Å². The summed E-state index contributed by atoms with van der Waals surface area (Å²) in [5.74, 6) is -9.80. The number of amides is 8. The molecule has 1 aromatic rings. The van der Waals surface area contributed by atoms with Crippen molar-refractivity contribution in [3.8, 4) is 5.75 Å². The van der Waals surface area contributed by atoms with Gasteiger partial charge in [-0.2, -0.15) is 11.8 Å². The molecular weight excluding hydrogens is 827 g/mol. The molecule has 8 amide bonds. The molecule has 0 saturated heterocycles. The van der Waals surface area contributed by atoms with Crippen LogP contribution in [0.3, 0.4) is 0 Å². The number of benzene rings is 1. The number of nitrogens with one attached hydrogen (secondary N) is 7. The molecule has 1 rings (SSSR count). The van der Waals surface area contributed by atoms with Crippen LogP contribution in [0.15, 0.2) is 24.3 Å². The van der Waals surface area contributed by atoms with E-state index in [0.29, 0.717) is 17.7 Å². The fourth-order valence-electron chi connectivity index (χ4n) is 5.37. The molecule has 0 unspecified atom stereocenters. The highest BCUT2D eigenvalue weighted by molar-refractivity contribution is 7.98. The zero-order chi connectivity index (χ0) is 46.6. The summed E-state index contributed by atoms with van der Waals surface area (Å²) in [7, 11) is 0. The first-order valence-corrected chi connectivity index (χ1v) is 20.5. The highest BCUT2D eigenvalue weighted by Crippen LogP contribution is 2.14. The number of aliphatic hydroxyl groups excluding tert-OH is 3. The van der Waals surface area contributed by atoms with Crippen molar-refractivity contribution in [1.29, 1.82) is 0 Å². The largest absolute Gasteiger partial charge is 0.508 e. The summed E-state index contributed by atoms with van der Waals surface area (Å²) in [6.45, 7) is 3.72. The maximum atomic E-state index is 13.5. The van der Waals surface area contributed by atoms with E-state index in [1.807, 2.05) is 0 Å². The van der Waals surface area contributed by atoms with E-state index in [0.717, 1.165) is 13.8 Å². The van der Waals surface area contributed by atoms with Crippen molar-refractivity contribution >= 4 is 65.0 Å². The molecule has 10 atom stereocenters. The minimum absolute atomic E-state index is 0.0855. The van der Waals surface area contributed by atoms with Gasteiger partial charge in [-0.15, -0.1) is 0 Å². The first kappa shape index (κ1) is 53.5. The number of aliphatic hydroxyl groups is 3. The zero-order valence-corrected chi connectivity index (χ0v) is 35.3. The number of aromatic hydroxyl groups is 1. The predicted molar refractivity (Wildman–Crippen MR) is 219 cm³/mol. The van der Waals surface area contributed by atoms with E-state index in [2.05, 4.69) is 37.2 Å². The molecule has 0 heterocycles. The second-order valence-electron chi connectivity index (χ2n) is 14.2. The number of rotatable bonds is 27. The van der Waals surface area contributed by atoms with Crippen LogP contribution in [-0.2, 0) is 49.6 Å². The number of nitrogens with two attached hydrogens (primary N) is 2. The Morgan fingerprint density at radius 2 is 1.21 bits per heavy atom. The van der Waals surface area contributed by atoms with Crippen LogP contribution in [0.4, 0.5) is 0 Å². The Labute approximate surface area is 356 Å². The van der Waals surface area contributed by atoms with E-state index in [9.17, 15) is 68.7 Å². The third-order valence-corrected chi connectivity index (χ3v) is 9.82. The molecule has 0 fully saturated rings. The van der Waals surface area contributed by atoms with Crippen LogP contribution in [0.1, 0.15) is 52.5 Å². The number of carbonyl (C=O) groups excluding carboxylic acids is 8. The number of thioether (sulfide) groups is 1. The summed E-state index contributed by atoms with van der Waals surface area (Å²) >= 11 is 1.42. The van der Waals surface area contributed by atoms with Crippen LogP contribution in [-0.4, -0.2) is 158 Å². The highest BCUT2D eigenvalue weighted by atomic mass is 32.2. The number of phenolic OH excluding ortho intramolecular Hbond substituents is 1. The van der Waals surface area contributed by atoms with Gasteiger partial charge >= 0.3 is 5.97 Å². The number of primary amides is 1. The molecule has 342 valence electrons. The standard InChI is InChI=1S/C37H59N9O14S/c1-6-17(2)28(37(59)60)45-32(54)23(13-20-7-9-21(50)10-8-20)42-36(58)30(19(4)49)44-27(52)15-40-35(57)29(18(3)48)46-33(55)24(14-26(39)51)41-34(56)25(16-47)43-31(53)22(38)11-12-61-5/h7-10,17-19,22-25,28-30,47-50H,6,11-16,38H2,1-5H3,(H2,39,51)(H,40,57)(H,41,56)(H,42,58)(H,43,53)(H,44,52)(H,45,54)(H,46,55)(H,59,60)/t17-,18+,19+,22-,23-,24-,25-,28-,29-,30-/m0/s1. The molecule has 0 aliphatic rings. The molecule has 24 heteroatoms. The number of aliphatic carboxylic acids is 1. The Kier molecular flexibility index (Phi) is 23.3. The number of carboxylic acids is 1. The molecule has 0 aliphatic heterocycles. The van der Waals surface area contributed by atoms with Gasteiger partial charge in [0.15, 0.2) is 0 Å². The maximum absolute atomic E-state index is 13.5. The number of carbonyl (C=O) groups is 9. The quantitative estimate of drug-likeness (QED) is 0.0393. The first-order valence-electron chi connectivity index (χ1n) is 19.2. The molecule has 61 heavy (non-hydrogen) atoms. The summed E-state index contributed by atoms with van der Waals surface area (Å²) in [5, 5.41) is 65.6. The van der Waals surface area contributed by atoms with Crippen LogP contribution in [0, 0.1) is 5.92 Å². The van der Waals surface area contributed by atoms with Gasteiger partial charge in [-0.3, -0.25) is 38.4 Å². The third kappa shape index (κ3) is 18.7. The summed E-state index contributed by atoms with van der Waals surface area (Å²) < 4.78 is 0. The lowest BCUT2D eigenvalue weighted by atomic mass is 9.98. The highest BCUT2D eigenvalue weighted by Gasteiger charge is 2.35. The third-order valence-electron chi connectivity index (χ3n) is 9.18. The molecule has 0 aromatic heterocycles. The Hall–Kier alpha value is -5.56. The smallest absolute Gasteiger partial charge is 0.326 e. The Bertz CT molecular complexity index is 1680. The first-order chi connectivity index (χ1) is 28.6. The fraction of sp³-hybridized carbons (Fsp3) is 0.595. The number of phenols is 1. The number of hydrogen-bond acceptors (Lipinski definition) is 15. The van der Waals surface area contributed by atoms with Crippen molar-refractivity contribution in [2.75, 3.05) is 25.2 Å². The number of carboxylic acid groups (broad SMARTS) is 1. The SMILES string of the molecule is CC[C@H](C)[C@H](NC(=O)[C@H](Cc1ccc(O)cc1)NC(=O)[C@@H](NC(=O)CNC(=O)[C@@H](NC(=O)[C@H](CC(N)=O)NC(=O)[C@H](CO)NC(=O)[C@@H](N)CCSC)[C@@H](C)O)[C@@H](C)O)C(=O)O. The van der Waals surface area contributed by atoms with Gasteiger partial charge in [-0.1, -0.05) is 32.4 Å². The number of hydrogen-bond donors (Lipinski definition) is 14. The summed E-state index contributed by atoms with van der Waals surface area (Å²) in [5.41, 5.74) is 11.5. The summed E-state index contributed by atoms with van der Waals surface area (Å²) in [6.07, 6.45) is -1.85. The average Bonchev–Trinajstić information content (AvgIpc) is 3.19. The van der Waals surface area contributed by atoms with E-state index in [1.54, 1.807) is 20.1 Å². The van der Waals surface area contributed by atoms with Crippen molar-refractivity contribution in [3.05, 3.63) is 29.8 Å². The van der Waals surface area contributed by atoms with E-state index >= 15 is 0 Å². The van der Waals surface area contributed by atoms with Gasteiger partial charge in [0.05, 0.1) is 37.8 Å². The average molecular weight is 886 g/mol. The molecule has 0 aliphatic carbocycles. The van der Waals surface area contributed by atoms with E-state index < -0.39 is 133 Å². The second kappa shape index (κ2) is 26.6. The van der Waals surface area contributed by atoms with Crippen molar-refractivity contribution in [3.63, 3.8) is 0 Å². The van der Waals surface area contributed by atoms with Gasteiger partial charge in [-0.25, -0.2) is 4.79 Å². The van der Waals surface area contributed by atoms with Crippen molar-refractivity contribution in [1.82, 2.24) is 37.2 Å². The minimum atomic E-state index is -1.82. The van der Waals surface area contributed by atoms with Crippen LogP contribution < -0.4 is 48.7 Å². The molecule has 0 bridgehead atoms. The van der Waals surface area contributed by atoms with Gasteiger partial charge in [-0.05, 0) is 55.9 Å². The minimum Gasteiger partial charge on any atom is -0.508 e. The Morgan fingerprint density at radius 1 is 0.705 bits per heavy atom. The lowest BCUT2D eigenvalue weighted by molar-refractivity contribution is -0.144. The molecule has 0 spiro atoms. The second-order valence-corrected chi connectivity index (χ2v) is 15.2. The van der Waals surface area contributed by atoms with Gasteiger partial charge in [0, 0.05) is 6.42 Å². The monoisotopic (exact) mass is 885 g/mol. The normalized spacial score (nSPS) is 16.0. The topological polar surface area (TPSA) is 391 Å². The summed E-state index contributed by atoms with van der Waals surface area (Å²) in [4.78, 5) is 115. The molecular formula is C37H59N9O14S. The molecule has 16 N–H and O–H groups in total. The van der Waals surface area contributed by atoms with Crippen molar-refractivity contribution in [2.45, 2.75) is 108 Å². The van der Waals surface area contributed by atoms with Crippen LogP contribution in [0.2, 0.25) is 0 Å². The zero-order valence-electron chi connectivity index (χ0n) is 34.5. The lowest BCUT2D eigenvalue weighted by Gasteiger charge is -2.27. The van der Waals surface area contributed by atoms with Crippen molar-refractivity contribution < 1.29 is 68.7 Å². The van der Waals surface area contributed by atoms with E-state index in [1.165, 1.54) is 36.0 Å². The fourth-order valence-corrected chi connectivity index (χ4v) is 5.86. The maximum Gasteiger partial charge on any atom is 0.326 e. The van der Waals surface area contributed by atoms with E-state index in [4.69, 9.17) is 11.5 Å². The Morgan fingerprint density at radius 3 is 1.72 bits per heavy atom. The molecule has 1 aromatic carbocycles. The van der Waals surface area contributed by atoms with Gasteiger partial charge < -0.3 is 74.2 Å². The molecule has 0 saturated carbocycles. The Balaban J connectivity index is 3.10. The molecule has 23 nitrogen and oxygen atoms in total. The summed E-state index contributed by atoms with van der Waals surface area (Å²) in [6, 6.07) is -5.19.